The molecule has 0 aromatic rings. The maximum absolute atomic E-state index is 2.50. The predicted molar refractivity (Wildman–Crippen MR) is 102 cm³/mol. The molecule has 0 saturated carbocycles. The number of rotatable bonds is 1. The molecule has 0 nitrogen and oxygen atoms in total. The van der Waals surface area contributed by atoms with Crippen LogP contribution in [0, 0.1) is 10.8 Å². The standard InChI is InChI=1S/C20H28P2/c1-11-15(5)21-9-19(11,7)13(3)17(21)18-14(4)20(8)10-22(18)16(6)12(20)2/h9-10H2,1-8H3/t19-,20+,21+,22-. The van der Waals surface area contributed by atoms with Gasteiger partial charge in [-0.1, -0.05) is 36.1 Å². The minimum Gasteiger partial charge on any atom is -0.0592 e. The lowest BCUT2D eigenvalue weighted by atomic mass is 9.76. The molecule has 0 radical (unpaired) electrons. The normalized spacial score (nSPS) is 43.6. The summed E-state index contributed by atoms with van der Waals surface area (Å²) in [5, 5.41) is 7.14. The first-order chi connectivity index (χ1) is 10.1. The first kappa shape index (κ1) is 15.4. The second kappa shape index (κ2) is 4.26. The molecule has 0 amide bonds. The van der Waals surface area contributed by atoms with Crippen LogP contribution in [0.1, 0.15) is 55.4 Å². The Hall–Kier alpha value is -0.180. The topological polar surface area (TPSA) is 0 Å². The van der Waals surface area contributed by atoms with Crippen molar-refractivity contribution in [3.8, 4) is 0 Å². The van der Waals surface area contributed by atoms with Crippen LogP contribution < -0.4 is 0 Å². The van der Waals surface area contributed by atoms with Crippen molar-refractivity contribution in [2.75, 3.05) is 12.3 Å². The van der Waals surface area contributed by atoms with E-state index in [4.69, 9.17) is 0 Å². The number of allylic oxidation sites excluding steroid dienone is 8. The van der Waals surface area contributed by atoms with Gasteiger partial charge < -0.3 is 0 Å². The van der Waals surface area contributed by atoms with E-state index in [1.807, 2.05) is 10.6 Å². The van der Waals surface area contributed by atoms with Crippen LogP contribution in [0.5, 0.6) is 0 Å². The van der Waals surface area contributed by atoms with E-state index in [0.29, 0.717) is 10.8 Å². The highest BCUT2D eigenvalue weighted by Gasteiger charge is 2.55. The Labute approximate surface area is 138 Å². The van der Waals surface area contributed by atoms with Gasteiger partial charge in [0.15, 0.2) is 0 Å². The Morgan fingerprint density at radius 2 is 0.909 bits per heavy atom. The van der Waals surface area contributed by atoms with Crippen LogP contribution in [0.3, 0.4) is 0 Å². The van der Waals surface area contributed by atoms with Crippen molar-refractivity contribution in [3.63, 3.8) is 0 Å². The zero-order valence-corrected chi connectivity index (χ0v) is 17.1. The van der Waals surface area contributed by atoms with Crippen molar-refractivity contribution in [1.29, 1.82) is 0 Å². The zero-order valence-electron chi connectivity index (χ0n) is 15.3. The fraction of sp³-hybridized carbons (Fsp3) is 0.600. The van der Waals surface area contributed by atoms with Gasteiger partial charge in [-0.05, 0) is 91.0 Å². The van der Waals surface area contributed by atoms with Crippen molar-refractivity contribution in [3.05, 3.63) is 43.5 Å². The first-order valence-corrected chi connectivity index (χ1v) is 11.5. The van der Waals surface area contributed by atoms with Crippen molar-refractivity contribution in [2.45, 2.75) is 55.4 Å². The van der Waals surface area contributed by atoms with E-state index in [1.165, 1.54) is 12.3 Å². The third-order valence-corrected chi connectivity index (χ3v) is 14.2. The van der Waals surface area contributed by atoms with Crippen LogP contribution in [-0.2, 0) is 0 Å². The second-order valence-corrected chi connectivity index (χ2v) is 12.8. The van der Waals surface area contributed by atoms with E-state index < -0.39 is 0 Å². The quantitative estimate of drug-likeness (QED) is 0.448. The highest BCUT2D eigenvalue weighted by molar-refractivity contribution is 7.73. The van der Waals surface area contributed by atoms with Crippen molar-refractivity contribution in [1.82, 2.24) is 0 Å². The Balaban J connectivity index is 1.90. The molecule has 0 unspecified atom stereocenters. The molecule has 0 fully saturated rings. The second-order valence-electron chi connectivity index (χ2n) is 8.20. The monoisotopic (exact) mass is 330 g/mol. The Kier molecular flexibility index (Phi) is 2.97. The highest BCUT2D eigenvalue weighted by Crippen LogP contribution is 2.82. The van der Waals surface area contributed by atoms with Gasteiger partial charge in [0, 0.05) is 10.8 Å². The molecule has 4 aliphatic rings. The summed E-state index contributed by atoms with van der Waals surface area (Å²) in [4.78, 5) is 0. The van der Waals surface area contributed by atoms with E-state index in [9.17, 15) is 0 Å². The molecule has 4 bridgehead atoms. The molecule has 118 valence electrons. The van der Waals surface area contributed by atoms with Crippen LogP contribution in [-0.4, -0.2) is 12.3 Å². The van der Waals surface area contributed by atoms with Gasteiger partial charge in [0.1, 0.15) is 0 Å². The van der Waals surface area contributed by atoms with E-state index in [2.05, 4.69) is 55.4 Å². The lowest BCUT2D eigenvalue weighted by Gasteiger charge is -2.32. The third kappa shape index (κ3) is 1.44. The molecular weight excluding hydrogens is 302 g/mol. The summed E-state index contributed by atoms with van der Waals surface area (Å²) >= 11 is 0. The van der Waals surface area contributed by atoms with Crippen molar-refractivity contribution >= 4 is 15.8 Å². The number of hydrogen-bond acceptors (Lipinski definition) is 0. The average Bonchev–Trinajstić information content (AvgIpc) is 3.05. The first-order valence-electron chi connectivity index (χ1n) is 8.48. The maximum atomic E-state index is 2.50. The fourth-order valence-corrected chi connectivity index (χ4v) is 13.0. The summed E-state index contributed by atoms with van der Waals surface area (Å²) in [5.41, 5.74) is 7.57. The molecule has 0 aliphatic carbocycles. The summed E-state index contributed by atoms with van der Waals surface area (Å²) in [6.07, 6.45) is 2.80. The van der Waals surface area contributed by atoms with Crippen molar-refractivity contribution in [2.24, 2.45) is 10.8 Å². The zero-order chi connectivity index (χ0) is 16.2. The van der Waals surface area contributed by atoms with Crippen LogP contribution in [0.15, 0.2) is 43.5 Å². The van der Waals surface area contributed by atoms with E-state index in [0.717, 1.165) is 0 Å². The summed E-state index contributed by atoms with van der Waals surface area (Å²) < 4.78 is 0. The van der Waals surface area contributed by atoms with Gasteiger partial charge >= 0.3 is 0 Å². The lowest BCUT2D eigenvalue weighted by Crippen LogP contribution is -2.19. The summed E-state index contributed by atoms with van der Waals surface area (Å²) in [6.45, 7) is 19.5. The molecule has 4 atom stereocenters. The van der Waals surface area contributed by atoms with Crippen molar-refractivity contribution < 1.29 is 0 Å². The largest absolute Gasteiger partial charge is 0.0592 e. The average molecular weight is 330 g/mol. The Morgan fingerprint density at radius 1 is 0.591 bits per heavy atom. The molecule has 4 rings (SSSR count). The van der Waals surface area contributed by atoms with Gasteiger partial charge in [-0.25, -0.2) is 0 Å². The van der Waals surface area contributed by atoms with Gasteiger partial charge in [0.05, 0.1) is 0 Å². The van der Waals surface area contributed by atoms with Crippen LogP contribution in [0.4, 0.5) is 0 Å². The Bertz CT molecular complexity index is 682. The minimum atomic E-state index is -0.0309. The SMILES string of the molecule is CC1=C(C)[C@]2(C)C[P@@]1C(C1=C(C)[C@]3(C)C[P@@]1C(C)=C3C)=C2C. The Morgan fingerprint density at radius 3 is 1.18 bits per heavy atom. The van der Waals surface area contributed by atoms with Gasteiger partial charge in [0.25, 0.3) is 0 Å². The van der Waals surface area contributed by atoms with Gasteiger partial charge in [0.2, 0.25) is 0 Å². The number of hydrogen-bond donors (Lipinski definition) is 0. The lowest BCUT2D eigenvalue weighted by molar-refractivity contribution is 0.557. The number of fused-ring (bicyclic) bond motifs is 4. The molecule has 0 aromatic carbocycles. The van der Waals surface area contributed by atoms with Gasteiger partial charge in [-0.2, -0.15) is 0 Å². The van der Waals surface area contributed by atoms with E-state index in [1.54, 1.807) is 32.9 Å². The van der Waals surface area contributed by atoms with Gasteiger partial charge in [-0.15, -0.1) is 0 Å². The van der Waals surface area contributed by atoms with E-state index in [-0.39, 0.29) is 15.8 Å². The molecule has 0 saturated heterocycles. The molecule has 4 heterocycles. The van der Waals surface area contributed by atoms with E-state index >= 15 is 0 Å². The smallest absolute Gasteiger partial charge is 0.0148 e. The molecule has 2 heteroatoms. The molecule has 0 aromatic heterocycles. The van der Waals surface area contributed by atoms with Crippen LogP contribution in [0.2, 0.25) is 0 Å². The summed E-state index contributed by atoms with van der Waals surface area (Å²) in [7, 11) is -0.0618. The molecule has 4 aliphatic heterocycles. The molecule has 0 N–H and O–H groups in total. The molecular formula is C20H28P2. The summed E-state index contributed by atoms with van der Waals surface area (Å²) in [6, 6.07) is 0. The van der Waals surface area contributed by atoms with Crippen LogP contribution in [0.25, 0.3) is 0 Å². The molecule has 22 heavy (non-hydrogen) atoms. The fourth-order valence-electron chi connectivity index (χ4n) is 5.14. The minimum absolute atomic E-state index is 0.0309. The molecule has 0 spiro atoms. The predicted octanol–water partition coefficient (Wildman–Crippen LogP) is 7.15. The highest BCUT2D eigenvalue weighted by atomic mass is 31.1. The third-order valence-electron chi connectivity index (χ3n) is 7.63. The summed E-state index contributed by atoms with van der Waals surface area (Å²) in [5.74, 6) is 0. The maximum Gasteiger partial charge on any atom is 0.0148 e. The van der Waals surface area contributed by atoms with Crippen LogP contribution >= 0.6 is 15.8 Å². The van der Waals surface area contributed by atoms with Gasteiger partial charge in [-0.3, -0.25) is 0 Å².